The van der Waals surface area contributed by atoms with Crippen molar-refractivity contribution in [2.24, 2.45) is 0 Å². The van der Waals surface area contributed by atoms with Crippen LogP contribution in [0.25, 0.3) is 0 Å². The largest absolute Gasteiger partial charge is 0.465 e. The Kier molecular flexibility index (Phi) is 10.8. The molecule has 0 aliphatic rings. The third-order valence-corrected chi connectivity index (χ3v) is 3.05. The zero-order valence-electron chi connectivity index (χ0n) is 13.0. The van der Waals surface area contributed by atoms with Crippen LogP contribution in [0.3, 0.4) is 0 Å². The van der Waals surface area contributed by atoms with Gasteiger partial charge >= 0.3 is 5.97 Å². The van der Waals surface area contributed by atoms with E-state index in [9.17, 15) is 4.79 Å². The van der Waals surface area contributed by atoms with Crippen molar-refractivity contribution in [3.63, 3.8) is 0 Å². The Morgan fingerprint density at radius 1 is 1.21 bits per heavy atom. The van der Waals surface area contributed by atoms with Gasteiger partial charge in [0, 0.05) is 26.8 Å². The van der Waals surface area contributed by atoms with E-state index in [-0.39, 0.29) is 18.1 Å². The highest BCUT2D eigenvalue weighted by atomic mass is 16.5. The first kappa shape index (κ1) is 18.4. The van der Waals surface area contributed by atoms with Crippen LogP contribution in [0.15, 0.2) is 0 Å². The summed E-state index contributed by atoms with van der Waals surface area (Å²) < 4.78 is 15.5. The number of hydrogen-bond donors (Lipinski definition) is 0. The SMILES string of the molecule is CCCC(C(=O)OCC)N(CCOC)C(C)COC. The first-order valence-corrected chi connectivity index (χ1v) is 7.02. The molecular weight excluding hydrogens is 246 g/mol. The molecular formula is C14H29NO4. The lowest BCUT2D eigenvalue weighted by atomic mass is 10.1. The fourth-order valence-electron chi connectivity index (χ4n) is 2.15. The fraction of sp³-hybridized carbons (Fsp3) is 0.929. The van der Waals surface area contributed by atoms with Gasteiger partial charge in [-0.2, -0.15) is 0 Å². The number of carbonyl (C=O) groups excluding carboxylic acids is 1. The summed E-state index contributed by atoms with van der Waals surface area (Å²) in [5, 5.41) is 0. The van der Waals surface area contributed by atoms with Crippen LogP contribution >= 0.6 is 0 Å². The van der Waals surface area contributed by atoms with Gasteiger partial charge in [-0.15, -0.1) is 0 Å². The minimum atomic E-state index is -0.217. The van der Waals surface area contributed by atoms with Crippen molar-refractivity contribution in [2.45, 2.75) is 45.7 Å². The Morgan fingerprint density at radius 3 is 2.37 bits per heavy atom. The summed E-state index contributed by atoms with van der Waals surface area (Å²) in [5.41, 5.74) is 0. The first-order valence-electron chi connectivity index (χ1n) is 7.02. The summed E-state index contributed by atoms with van der Waals surface area (Å²) in [6.45, 7) is 8.25. The molecule has 0 rings (SSSR count). The number of carbonyl (C=O) groups is 1. The highest BCUT2D eigenvalue weighted by Crippen LogP contribution is 2.13. The molecule has 0 N–H and O–H groups in total. The summed E-state index contributed by atoms with van der Waals surface area (Å²) in [4.78, 5) is 14.2. The molecule has 2 unspecified atom stereocenters. The molecule has 0 saturated heterocycles. The van der Waals surface area contributed by atoms with E-state index in [1.54, 1.807) is 14.2 Å². The number of hydrogen-bond acceptors (Lipinski definition) is 5. The van der Waals surface area contributed by atoms with Gasteiger partial charge in [0.1, 0.15) is 6.04 Å². The molecule has 0 aliphatic heterocycles. The minimum absolute atomic E-state index is 0.150. The van der Waals surface area contributed by atoms with Crippen molar-refractivity contribution in [1.29, 1.82) is 0 Å². The van der Waals surface area contributed by atoms with Gasteiger partial charge in [0.2, 0.25) is 0 Å². The summed E-state index contributed by atoms with van der Waals surface area (Å²) in [7, 11) is 3.34. The molecule has 5 heteroatoms. The van der Waals surface area contributed by atoms with E-state index in [1.165, 1.54) is 0 Å². The molecule has 0 radical (unpaired) electrons. The number of methoxy groups -OCH3 is 2. The van der Waals surface area contributed by atoms with Crippen LogP contribution in [0.2, 0.25) is 0 Å². The second-order valence-corrected chi connectivity index (χ2v) is 4.59. The van der Waals surface area contributed by atoms with Crippen molar-refractivity contribution in [3.8, 4) is 0 Å². The van der Waals surface area contributed by atoms with E-state index in [4.69, 9.17) is 14.2 Å². The monoisotopic (exact) mass is 275 g/mol. The Balaban J connectivity index is 4.83. The van der Waals surface area contributed by atoms with Gasteiger partial charge in [-0.1, -0.05) is 13.3 Å². The highest BCUT2D eigenvalue weighted by molar-refractivity contribution is 5.75. The third kappa shape index (κ3) is 6.89. The van der Waals surface area contributed by atoms with E-state index >= 15 is 0 Å². The van der Waals surface area contributed by atoms with Gasteiger partial charge in [0.15, 0.2) is 0 Å². The Labute approximate surface area is 117 Å². The van der Waals surface area contributed by atoms with E-state index in [0.29, 0.717) is 26.4 Å². The Bertz CT molecular complexity index is 235. The molecule has 114 valence electrons. The van der Waals surface area contributed by atoms with Gasteiger partial charge in [0.05, 0.1) is 19.8 Å². The van der Waals surface area contributed by atoms with Crippen LogP contribution in [0.4, 0.5) is 0 Å². The van der Waals surface area contributed by atoms with Crippen LogP contribution in [-0.2, 0) is 19.0 Å². The summed E-state index contributed by atoms with van der Waals surface area (Å²) in [6.07, 6.45) is 1.73. The van der Waals surface area contributed by atoms with Crippen LogP contribution < -0.4 is 0 Å². The minimum Gasteiger partial charge on any atom is -0.465 e. The van der Waals surface area contributed by atoms with E-state index < -0.39 is 0 Å². The third-order valence-electron chi connectivity index (χ3n) is 3.05. The zero-order valence-corrected chi connectivity index (χ0v) is 13.0. The Morgan fingerprint density at radius 2 is 1.89 bits per heavy atom. The van der Waals surface area contributed by atoms with Gasteiger partial charge in [-0.25, -0.2) is 0 Å². The predicted octanol–water partition coefficient (Wildman–Crippen LogP) is 1.70. The lowest BCUT2D eigenvalue weighted by Crippen LogP contribution is -2.49. The molecule has 19 heavy (non-hydrogen) atoms. The standard InChI is InChI=1S/C14H29NO4/c1-6-8-13(14(16)19-7-2)15(9-10-17-4)12(3)11-18-5/h12-13H,6-11H2,1-5H3. The van der Waals surface area contributed by atoms with Crippen molar-refractivity contribution in [3.05, 3.63) is 0 Å². The second kappa shape index (κ2) is 11.2. The molecule has 0 bridgehead atoms. The topological polar surface area (TPSA) is 48.0 Å². The molecule has 0 amide bonds. The number of esters is 1. The van der Waals surface area contributed by atoms with Gasteiger partial charge < -0.3 is 14.2 Å². The molecule has 0 aromatic heterocycles. The molecule has 5 nitrogen and oxygen atoms in total. The first-order chi connectivity index (χ1) is 9.12. The average molecular weight is 275 g/mol. The maximum atomic E-state index is 12.1. The molecule has 2 atom stereocenters. The lowest BCUT2D eigenvalue weighted by molar-refractivity contribution is -0.151. The summed E-state index contributed by atoms with van der Waals surface area (Å²) in [6, 6.07) is -0.0636. The van der Waals surface area contributed by atoms with Gasteiger partial charge in [0.25, 0.3) is 0 Å². The molecule has 0 aliphatic carbocycles. The lowest BCUT2D eigenvalue weighted by Gasteiger charge is -2.34. The maximum absolute atomic E-state index is 12.1. The molecule has 0 fully saturated rings. The average Bonchev–Trinajstić information content (AvgIpc) is 2.38. The molecule has 0 aromatic carbocycles. The maximum Gasteiger partial charge on any atom is 0.323 e. The van der Waals surface area contributed by atoms with E-state index in [2.05, 4.69) is 18.7 Å². The zero-order chi connectivity index (χ0) is 14.7. The fourth-order valence-corrected chi connectivity index (χ4v) is 2.15. The van der Waals surface area contributed by atoms with Crippen LogP contribution in [0.5, 0.6) is 0 Å². The second-order valence-electron chi connectivity index (χ2n) is 4.59. The van der Waals surface area contributed by atoms with Crippen LogP contribution in [-0.4, -0.2) is 63.5 Å². The highest BCUT2D eigenvalue weighted by Gasteiger charge is 2.29. The molecule has 0 aromatic rings. The number of nitrogens with zero attached hydrogens (tertiary/aromatic N) is 1. The van der Waals surface area contributed by atoms with Crippen LogP contribution in [0.1, 0.15) is 33.6 Å². The smallest absolute Gasteiger partial charge is 0.323 e. The van der Waals surface area contributed by atoms with Gasteiger partial charge in [-0.05, 0) is 20.3 Å². The number of rotatable bonds is 11. The number of ether oxygens (including phenoxy) is 3. The van der Waals surface area contributed by atoms with Gasteiger partial charge in [-0.3, -0.25) is 9.69 Å². The summed E-state index contributed by atoms with van der Waals surface area (Å²) >= 11 is 0. The normalized spacial score (nSPS) is 14.4. The Hall–Kier alpha value is -0.650. The van der Waals surface area contributed by atoms with Crippen molar-refractivity contribution < 1.29 is 19.0 Å². The van der Waals surface area contributed by atoms with Crippen molar-refractivity contribution >= 4 is 5.97 Å². The molecule has 0 saturated carbocycles. The molecule has 0 spiro atoms. The quantitative estimate of drug-likeness (QED) is 0.537. The predicted molar refractivity (Wildman–Crippen MR) is 75.2 cm³/mol. The summed E-state index contributed by atoms with van der Waals surface area (Å²) in [5.74, 6) is -0.150. The molecule has 0 heterocycles. The van der Waals surface area contributed by atoms with Crippen LogP contribution in [0, 0.1) is 0 Å². The van der Waals surface area contributed by atoms with Crippen molar-refractivity contribution in [2.75, 3.05) is 40.6 Å². The van der Waals surface area contributed by atoms with E-state index in [1.807, 2.05) is 6.92 Å². The van der Waals surface area contributed by atoms with Crippen molar-refractivity contribution in [1.82, 2.24) is 4.90 Å². The van der Waals surface area contributed by atoms with E-state index in [0.717, 1.165) is 12.8 Å².